The second-order valence-electron chi connectivity index (χ2n) is 3.98. The van der Waals surface area contributed by atoms with E-state index in [1.165, 1.54) is 19.2 Å². The van der Waals surface area contributed by atoms with Crippen LogP contribution >= 0.6 is 15.9 Å². The molecule has 1 rings (SSSR count). The molecule has 1 aromatic carbocycles. The molecule has 0 saturated carbocycles. The molecule has 7 nitrogen and oxygen atoms in total. The summed E-state index contributed by atoms with van der Waals surface area (Å²) in [4.78, 5) is 10.1. The van der Waals surface area contributed by atoms with Crippen LogP contribution in [0.25, 0.3) is 0 Å². The molecule has 0 radical (unpaired) electrons. The fraction of sp³-hybridized carbons (Fsp3) is 0.400. The van der Waals surface area contributed by atoms with Crippen molar-refractivity contribution < 1.29 is 13.3 Å². The van der Waals surface area contributed by atoms with Crippen molar-refractivity contribution in [2.24, 2.45) is 5.73 Å². The number of nitrogens with two attached hydrogens (primary N) is 1. The van der Waals surface area contributed by atoms with E-state index in [-0.39, 0.29) is 27.6 Å². The van der Waals surface area contributed by atoms with Crippen LogP contribution in [0.15, 0.2) is 27.6 Å². The van der Waals surface area contributed by atoms with E-state index in [0.29, 0.717) is 0 Å². The van der Waals surface area contributed by atoms with Gasteiger partial charge in [0.1, 0.15) is 0 Å². The second kappa shape index (κ2) is 5.95. The van der Waals surface area contributed by atoms with Crippen molar-refractivity contribution in [3.05, 3.63) is 32.8 Å². The Kier molecular flexibility index (Phi) is 5.02. The third-order valence-corrected chi connectivity index (χ3v) is 5.36. The largest absolute Gasteiger partial charge is 0.329 e. The molecule has 0 aromatic heterocycles. The lowest BCUT2D eigenvalue weighted by Gasteiger charge is -2.23. The molecule has 106 valence electrons. The molecule has 0 fully saturated rings. The second-order valence-corrected chi connectivity index (χ2v) is 6.83. The molecule has 1 aromatic rings. The van der Waals surface area contributed by atoms with Gasteiger partial charge in [-0.2, -0.15) is 4.31 Å². The first-order valence-corrected chi connectivity index (χ1v) is 7.57. The summed E-state index contributed by atoms with van der Waals surface area (Å²) in [6.07, 6.45) is 0. The van der Waals surface area contributed by atoms with Crippen LogP contribution in [-0.2, 0) is 10.0 Å². The lowest BCUT2D eigenvalue weighted by molar-refractivity contribution is -0.385. The summed E-state index contributed by atoms with van der Waals surface area (Å²) in [5.74, 6) is 0. The molecule has 0 aliphatic rings. The lowest BCUT2D eigenvalue weighted by Crippen LogP contribution is -2.39. The molecule has 0 aliphatic carbocycles. The van der Waals surface area contributed by atoms with E-state index in [2.05, 4.69) is 15.9 Å². The fourth-order valence-corrected chi connectivity index (χ4v) is 3.42. The summed E-state index contributed by atoms with van der Waals surface area (Å²) in [5.41, 5.74) is 5.25. The van der Waals surface area contributed by atoms with Crippen LogP contribution in [0, 0.1) is 10.1 Å². The quantitative estimate of drug-likeness (QED) is 0.635. The SMILES string of the molecule is CC(CN)N(C)S(=O)(=O)c1ccc([N+](=O)[O-])c(Br)c1. The van der Waals surface area contributed by atoms with Crippen molar-refractivity contribution in [1.29, 1.82) is 0 Å². The van der Waals surface area contributed by atoms with E-state index in [9.17, 15) is 18.5 Å². The molecule has 0 aliphatic heterocycles. The minimum Gasteiger partial charge on any atom is -0.329 e. The number of hydrogen-bond donors (Lipinski definition) is 1. The predicted molar refractivity (Wildman–Crippen MR) is 74.3 cm³/mol. The highest BCUT2D eigenvalue weighted by molar-refractivity contribution is 9.10. The zero-order valence-electron chi connectivity index (χ0n) is 10.4. The van der Waals surface area contributed by atoms with Gasteiger partial charge in [0.15, 0.2) is 0 Å². The first-order chi connectivity index (χ1) is 8.71. The Labute approximate surface area is 119 Å². The third-order valence-electron chi connectivity index (χ3n) is 2.75. The molecule has 1 unspecified atom stereocenters. The van der Waals surface area contributed by atoms with E-state index >= 15 is 0 Å². The monoisotopic (exact) mass is 351 g/mol. The number of nitro groups is 1. The Hall–Kier alpha value is -1.03. The van der Waals surface area contributed by atoms with E-state index in [4.69, 9.17) is 5.73 Å². The maximum absolute atomic E-state index is 12.2. The van der Waals surface area contributed by atoms with Crippen molar-refractivity contribution in [2.75, 3.05) is 13.6 Å². The molecule has 1 atom stereocenters. The van der Waals surface area contributed by atoms with Crippen LogP contribution < -0.4 is 5.73 Å². The molecule has 2 N–H and O–H groups in total. The average Bonchev–Trinajstić information content (AvgIpc) is 2.36. The van der Waals surface area contributed by atoms with Gasteiger partial charge in [0.2, 0.25) is 10.0 Å². The Morgan fingerprint density at radius 2 is 2.11 bits per heavy atom. The molecule has 9 heteroatoms. The number of nitrogens with zero attached hydrogens (tertiary/aromatic N) is 2. The van der Waals surface area contributed by atoms with E-state index in [1.807, 2.05) is 0 Å². The number of benzene rings is 1. The molecule has 0 spiro atoms. The van der Waals surface area contributed by atoms with Gasteiger partial charge >= 0.3 is 0 Å². The highest BCUT2D eigenvalue weighted by atomic mass is 79.9. The van der Waals surface area contributed by atoms with Crippen molar-refractivity contribution in [3.63, 3.8) is 0 Å². The van der Waals surface area contributed by atoms with Crippen LogP contribution in [0.3, 0.4) is 0 Å². The Balaban J connectivity index is 3.24. The van der Waals surface area contributed by atoms with Gasteiger partial charge in [0.05, 0.1) is 14.3 Å². The van der Waals surface area contributed by atoms with Gasteiger partial charge in [0, 0.05) is 25.7 Å². The number of likely N-dealkylation sites (N-methyl/N-ethyl adjacent to an activating group) is 1. The highest BCUT2D eigenvalue weighted by Crippen LogP contribution is 2.28. The zero-order chi connectivity index (χ0) is 14.8. The van der Waals surface area contributed by atoms with Gasteiger partial charge in [-0.3, -0.25) is 10.1 Å². The van der Waals surface area contributed by atoms with Gasteiger partial charge < -0.3 is 5.73 Å². The van der Waals surface area contributed by atoms with E-state index in [1.54, 1.807) is 6.92 Å². The van der Waals surface area contributed by atoms with Crippen LogP contribution in [0.4, 0.5) is 5.69 Å². The minimum absolute atomic E-state index is 0.0206. The average molecular weight is 352 g/mol. The number of nitro benzene ring substituents is 1. The smallest absolute Gasteiger partial charge is 0.283 e. The Morgan fingerprint density at radius 1 is 1.53 bits per heavy atom. The Bertz CT molecular complexity index is 590. The van der Waals surface area contributed by atoms with Crippen LogP contribution in [0.2, 0.25) is 0 Å². The van der Waals surface area contributed by atoms with Gasteiger partial charge in [-0.15, -0.1) is 0 Å². The molecule has 0 saturated heterocycles. The zero-order valence-corrected chi connectivity index (χ0v) is 12.8. The summed E-state index contributed by atoms with van der Waals surface area (Å²) in [6, 6.07) is 3.21. The first kappa shape index (κ1) is 16.0. The lowest BCUT2D eigenvalue weighted by atomic mass is 10.3. The van der Waals surface area contributed by atoms with Gasteiger partial charge in [-0.05, 0) is 35.0 Å². The molecule has 0 bridgehead atoms. The molecule has 0 amide bonds. The number of halogens is 1. The number of sulfonamides is 1. The van der Waals surface area contributed by atoms with Crippen LogP contribution in [0.5, 0.6) is 0 Å². The summed E-state index contributed by atoms with van der Waals surface area (Å²) < 4.78 is 25.7. The number of hydrogen-bond acceptors (Lipinski definition) is 5. The number of rotatable bonds is 5. The van der Waals surface area contributed by atoms with Crippen molar-refractivity contribution in [1.82, 2.24) is 4.31 Å². The van der Waals surface area contributed by atoms with Gasteiger partial charge in [0.25, 0.3) is 5.69 Å². The van der Waals surface area contributed by atoms with Crippen molar-refractivity contribution in [3.8, 4) is 0 Å². The van der Waals surface area contributed by atoms with Gasteiger partial charge in [-0.25, -0.2) is 8.42 Å². The molecular weight excluding hydrogens is 338 g/mol. The van der Waals surface area contributed by atoms with E-state index in [0.717, 1.165) is 10.4 Å². The fourth-order valence-electron chi connectivity index (χ4n) is 1.35. The minimum atomic E-state index is -3.71. The maximum Gasteiger partial charge on any atom is 0.283 e. The van der Waals surface area contributed by atoms with E-state index < -0.39 is 14.9 Å². The van der Waals surface area contributed by atoms with Crippen LogP contribution in [-0.4, -0.2) is 37.3 Å². The summed E-state index contributed by atoms with van der Waals surface area (Å²) in [6.45, 7) is 1.86. The Morgan fingerprint density at radius 3 is 2.53 bits per heavy atom. The van der Waals surface area contributed by atoms with Crippen LogP contribution in [0.1, 0.15) is 6.92 Å². The van der Waals surface area contributed by atoms with Crippen molar-refractivity contribution >= 4 is 31.6 Å². The highest BCUT2D eigenvalue weighted by Gasteiger charge is 2.26. The molecular formula is C10H14BrN3O4S. The standard InChI is InChI=1S/C10H14BrN3O4S/c1-7(6-12)13(2)19(17,18)8-3-4-10(14(15)16)9(11)5-8/h3-5,7H,6,12H2,1-2H3. The third kappa shape index (κ3) is 3.30. The molecule has 19 heavy (non-hydrogen) atoms. The summed E-state index contributed by atoms with van der Waals surface area (Å²) >= 11 is 2.99. The summed E-state index contributed by atoms with van der Waals surface area (Å²) in [7, 11) is -2.30. The van der Waals surface area contributed by atoms with Crippen molar-refractivity contribution in [2.45, 2.75) is 17.9 Å². The maximum atomic E-state index is 12.2. The van der Waals surface area contributed by atoms with Gasteiger partial charge in [-0.1, -0.05) is 0 Å². The molecule has 0 heterocycles. The summed E-state index contributed by atoms with van der Waals surface area (Å²) in [5, 5.41) is 10.7. The first-order valence-electron chi connectivity index (χ1n) is 5.34. The normalized spacial score (nSPS) is 13.5. The predicted octanol–water partition coefficient (Wildman–Crippen LogP) is 1.33. The topological polar surface area (TPSA) is 107 Å².